The normalized spacial score (nSPS) is 15.5. The molecule has 4 rings (SSSR count). The first-order valence-corrected chi connectivity index (χ1v) is 8.93. The van der Waals surface area contributed by atoms with Crippen LogP contribution in [-0.2, 0) is 22.4 Å². The summed E-state index contributed by atoms with van der Waals surface area (Å²) in [5, 5.41) is 5.75. The van der Waals surface area contributed by atoms with E-state index in [-0.39, 0.29) is 12.5 Å². The molecule has 0 bridgehead atoms. The highest BCUT2D eigenvalue weighted by atomic mass is 16.5. The predicted octanol–water partition coefficient (Wildman–Crippen LogP) is 2.97. The van der Waals surface area contributed by atoms with Crippen LogP contribution in [0, 0.1) is 0 Å². The Bertz CT molecular complexity index is 874. The molecule has 0 unspecified atom stereocenters. The third kappa shape index (κ3) is 3.38. The fourth-order valence-electron chi connectivity index (χ4n) is 3.45. The number of ether oxygens (including phenoxy) is 1. The van der Waals surface area contributed by atoms with Crippen molar-refractivity contribution >= 4 is 17.6 Å². The van der Waals surface area contributed by atoms with Gasteiger partial charge in [-0.25, -0.2) is 9.80 Å². The maximum absolute atomic E-state index is 12.3. The number of amides is 1. The van der Waals surface area contributed by atoms with E-state index in [1.165, 1.54) is 16.1 Å². The lowest BCUT2D eigenvalue weighted by molar-refractivity contribution is -0.134. The van der Waals surface area contributed by atoms with E-state index in [0.29, 0.717) is 18.5 Å². The minimum Gasteiger partial charge on any atom is -0.452 e. The Morgan fingerprint density at radius 2 is 1.81 bits per heavy atom. The summed E-state index contributed by atoms with van der Waals surface area (Å²) in [6, 6.07) is 15.4. The standard InChI is InChI=1S/C21H20N2O3/c24-20(23-12-11-19(22-23)16-5-2-1-3-6-16)14-26-21(25)18-10-9-15-7-4-8-17(15)13-18/h1-3,5-6,9-10,13H,4,7-8,11-12,14H2. The minimum absolute atomic E-state index is 0.290. The molecule has 0 saturated carbocycles. The molecule has 1 heterocycles. The molecular weight excluding hydrogens is 328 g/mol. The zero-order valence-electron chi connectivity index (χ0n) is 14.5. The molecule has 2 aromatic carbocycles. The van der Waals surface area contributed by atoms with E-state index in [4.69, 9.17) is 4.74 Å². The number of hydrogen-bond donors (Lipinski definition) is 0. The van der Waals surface area contributed by atoms with Crippen molar-refractivity contribution in [2.45, 2.75) is 25.7 Å². The van der Waals surface area contributed by atoms with E-state index in [0.717, 1.165) is 30.5 Å². The third-order valence-electron chi connectivity index (χ3n) is 4.86. The second kappa shape index (κ2) is 7.12. The van der Waals surface area contributed by atoms with Gasteiger partial charge < -0.3 is 4.74 Å². The van der Waals surface area contributed by atoms with Crippen molar-refractivity contribution in [2.75, 3.05) is 13.2 Å². The summed E-state index contributed by atoms with van der Waals surface area (Å²) in [7, 11) is 0. The number of carbonyl (C=O) groups is 2. The second-order valence-electron chi connectivity index (χ2n) is 6.59. The summed E-state index contributed by atoms with van der Waals surface area (Å²) >= 11 is 0. The Hall–Kier alpha value is -2.95. The average Bonchev–Trinajstić information content (AvgIpc) is 3.35. The number of hydrazone groups is 1. The van der Waals surface area contributed by atoms with Gasteiger partial charge in [0.25, 0.3) is 5.91 Å². The van der Waals surface area contributed by atoms with Crippen LogP contribution < -0.4 is 0 Å². The second-order valence-corrected chi connectivity index (χ2v) is 6.59. The SMILES string of the molecule is O=C(OCC(=O)N1CCC(c2ccccc2)=N1)c1ccc2c(c1)CCC2. The highest BCUT2D eigenvalue weighted by Crippen LogP contribution is 2.23. The highest BCUT2D eigenvalue weighted by Gasteiger charge is 2.23. The van der Waals surface area contributed by atoms with E-state index in [1.807, 2.05) is 42.5 Å². The maximum Gasteiger partial charge on any atom is 0.338 e. The van der Waals surface area contributed by atoms with Crippen LogP contribution in [0.4, 0.5) is 0 Å². The molecule has 0 radical (unpaired) electrons. The van der Waals surface area contributed by atoms with Crippen molar-refractivity contribution in [1.29, 1.82) is 0 Å². The molecule has 2 aliphatic rings. The summed E-state index contributed by atoms with van der Waals surface area (Å²) in [5.41, 5.74) is 4.91. The van der Waals surface area contributed by atoms with Crippen LogP contribution in [-0.4, -0.2) is 35.7 Å². The van der Waals surface area contributed by atoms with Crippen LogP contribution in [0.1, 0.15) is 39.9 Å². The topological polar surface area (TPSA) is 59.0 Å². The fraction of sp³-hybridized carbons (Fsp3) is 0.286. The van der Waals surface area contributed by atoms with Gasteiger partial charge in [-0.3, -0.25) is 4.79 Å². The largest absolute Gasteiger partial charge is 0.452 e. The van der Waals surface area contributed by atoms with E-state index in [9.17, 15) is 9.59 Å². The number of benzene rings is 2. The Labute approximate surface area is 152 Å². The van der Waals surface area contributed by atoms with Crippen LogP contribution in [0.25, 0.3) is 0 Å². The van der Waals surface area contributed by atoms with Gasteiger partial charge in [-0.15, -0.1) is 0 Å². The lowest BCUT2D eigenvalue weighted by atomic mass is 10.1. The molecule has 132 valence electrons. The molecule has 0 fully saturated rings. The number of aryl methyl sites for hydroxylation is 2. The molecule has 1 aliphatic carbocycles. The predicted molar refractivity (Wildman–Crippen MR) is 98.1 cm³/mol. The van der Waals surface area contributed by atoms with E-state index in [2.05, 4.69) is 5.10 Å². The Balaban J connectivity index is 1.35. The number of hydrogen-bond acceptors (Lipinski definition) is 4. The summed E-state index contributed by atoms with van der Waals surface area (Å²) in [6.45, 7) is 0.223. The Morgan fingerprint density at radius 1 is 1.00 bits per heavy atom. The van der Waals surface area contributed by atoms with Crippen molar-refractivity contribution < 1.29 is 14.3 Å². The summed E-state index contributed by atoms with van der Waals surface area (Å²) in [4.78, 5) is 24.5. The number of rotatable bonds is 4. The third-order valence-corrected chi connectivity index (χ3v) is 4.86. The number of esters is 1. The quantitative estimate of drug-likeness (QED) is 0.798. The van der Waals surface area contributed by atoms with Gasteiger partial charge in [0.15, 0.2) is 6.61 Å². The first kappa shape index (κ1) is 16.5. The molecule has 0 spiro atoms. The molecule has 2 aromatic rings. The molecule has 26 heavy (non-hydrogen) atoms. The molecular formula is C21H20N2O3. The number of fused-ring (bicyclic) bond motifs is 1. The van der Waals surface area contributed by atoms with Crippen molar-refractivity contribution in [3.63, 3.8) is 0 Å². The van der Waals surface area contributed by atoms with Gasteiger partial charge in [0.1, 0.15) is 0 Å². The van der Waals surface area contributed by atoms with E-state index >= 15 is 0 Å². The zero-order valence-corrected chi connectivity index (χ0v) is 14.5. The van der Waals surface area contributed by atoms with Crippen molar-refractivity contribution in [3.05, 3.63) is 70.8 Å². The van der Waals surface area contributed by atoms with Crippen molar-refractivity contribution in [2.24, 2.45) is 5.10 Å². The van der Waals surface area contributed by atoms with Crippen LogP contribution in [0.2, 0.25) is 0 Å². The van der Waals surface area contributed by atoms with Gasteiger partial charge in [-0.2, -0.15) is 5.10 Å². The summed E-state index contributed by atoms with van der Waals surface area (Å²) < 4.78 is 5.20. The summed E-state index contributed by atoms with van der Waals surface area (Å²) in [6.07, 6.45) is 3.90. The van der Waals surface area contributed by atoms with Gasteiger partial charge in [-0.05, 0) is 48.1 Å². The molecule has 1 aliphatic heterocycles. The Kier molecular flexibility index (Phi) is 4.52. The van der Waals surface area contributed by atoms with Gasteiger partial charge in [0, 0.05) is 6.42 Å². The van der Waals surface area contributed by atoms with Crippen LogP contribution in [0.15, 0.2) is 53.6 Å². The maximum atomic E-state index is 12.3. The smallest absolute Gasteiger partial charge is 0.338 e. The van der Waals surface area contributed by atoms with Crippen molar-refractivity contribution in [3.8, 4) is 0 Å². The minimum atomic E-state index is -0.459. The number of nitrogens with zero attached hydrogens (tertiary/aromatic N) is 2. The lowest BCUT2D eigenvalue weighted by Crippen LogP contribution is -2.28. The fourth-order valence-corrected chi connectivity index (χ4v) is 3.45. The van der Waals surface area contributed by atoms with Crippen LogP contribution in [0.3, 0.4) is 0 Å². The Morgan fingerprint density at radius 3 is 2.65 bits per heavy atom. The first-order valence-electron chi connectivity index (χ1n) is 8.93. The molecule has 0 saturated heterocycles. The van der Waals surface area contributed by atoms with Gasteiger partial charge >= 0.3 is 5.97 Å². The molecule has 1 amide bonds. The molecule has 0 N–H and O–H groups in total. The number of carbonyl (C=O) groups excluding carboxylic acids is 2. The van der Waals surface area contributed by atoms with Crippen LogP contribution >= 0.6 is 0 Å². The first-order chi connectivity index (χ1) is 12.7. The molecule has 5 nitrogen and oxygen atoms in total. The summed E-state index contributed by atoms with van der Waals surface area (Å²) in [5.74, 6) is -0.759. The molecule has 5 heteroatoms. The van der Waals surface area contributed by atoms with Crippen molar-refractivity contribution in [1.82, 2.24) is 5.01 Å². The highest BCUT2D eigenvalue weighted by molar-refractivity contribution is 6.02. The van der Waals surface area contributed by atoms with Gasteiger partial charge in [0.05, 0.1) is 17.8 Å². The van der Waals surface area contributed by atoms with Crippen LogP contribution in [0.5, 0.6) is 0 Å². The lowest BCUT2D eigenvalue weighted by Gasteiger charge is -2.12. The molecule has 0 aromatic heterocycles. The monoisotopic (exact) mass is 348 g/mol. The molecule has 0 atom stereocenters. The van der Waals surface area contributed by atoms with E-state index in [1.54, 1.807) is 6.07 Å². The van der Waals surface area contributed by atoms with E-state index < -0.39 is 5.97 Å². The average molecular weight is 348 g/mol. The van der Waals surface area contributed by atoms with Gasteiger partial charge in [0.2, 0.25) is 0 Å². The van der Waals surface area contributed by atoms with Gasteiger partial charge in [-0.1, -0.05) is 36.4 Å². The zero-order chi connectivity index (χ0) is 17.9.